The van der Waals surface area contributed by atoms with Gasteiger partial charge >= 0.3 is 0 Å². The van der Waals surface area contributed by atoms with Crippen molar-refractivity contribution in [3.63, 3.8) is 0 Å². The van der Waals surface area contributed by atoms with E-state index >= 15 is 0 Å². The van der Waals surface area contributed by atoms with Gasteiger partial charge in [0.2, 0.25) is 0 Å². The first-order valence-electron chi connectivity index (χ1n) is 3.80. The van der Waals surface area contributed by atoms with E-state index in [0.29, 0.717) is 11.8 Å². The second-order valence-electron chi connectivity index (χ2n) is 2.51. The lowest BCUT2D eigenvalue weighted by molar-refractivity contribution is -0.102. The Bertz CT molecular complexity index is 414. The fourth-order valence-electron chi connectivity index (χ4n) is 0.900. The molecule has 0 spiro atoms. The molecule has 1 aromatic rings. The Morgan fingerprint density at radius 2 is 1.80 bits per heavy atom. The fraction of sp³-hybridized carbons (Fsp3) is 0. The third kappa shape index (κ3) is 2.69. The molecule has 6 heteroatoms. The normalized spacial score (nSPS) is 9.73. The van der Waals surface area contributed by atoms with Gasteiger partial charge in [-0.25, -0.2) is 8.78 Å². The molecular formula is C9H6F2N2OS. The van der Waals surface area contributed by atoms with E-state index < -0.39 is 27.3 Å². The SMILES string of the molecule is N=C(C=O)SC(=N)c1c(F)cccc1F. The average Bonchev–Trinajstić information content (AvgIpc) is 2.17. The number of benzene rings is 1. The van der Waals surface area contributed by atoms with E-state index in [1.807, 2.05) is 0 Å². The van der Waals surface area contributed by atoms with Crippen LogP contribution < -0.4 is 0 Å². The van der Waals surface area contributed by atoms with Crippen molar-refractivity contribution in [3.8, 4) is 0 Å². The minimum atomic E-state index is -0.883. The lowest BCUT2D eigenvalue weighted by atomic mass is 10.2. The number of aldehydes is 1. The maximum absolute atomic E-state index is 13.1. The topological polar surface area (TPSA) is 64.8 Å². The van der Waals surface area contributed by atoms with Gasteiger partial charge < -0.3 is 0 Å². The van der Waals surface area contributed by atoms with Gasteiger partial charge in [-0.3, -0.25) is 15.6 Å². The standard InChI is InChI=1S/C9H6F2N2OS/c10-5-2-1-3-6(11)8(5)9(13)15-7(12)4-14/h1-4,12-13H. The van der Waals surface area contributed by atoms with E-state index in [4.69, 9.17) is 10.8 Å². The predicted molar refractivity (Wildman–Crippen MR) is 54.6 cm³/mol. The molecule has 0 amide bonds. The van der Waals surface area contributed by atoms with Crippen LogP contribution in [0.4, 0.5) is 8.78 Å². The molecule has 0 fully saturated rings. The van der Waals surface area contributed by atoms with Crippen LogP contribution in [0.3, 0.4) is 0 Å². The Hall–Kier alpha value is -1.56. The highest BCUT2D eigenvalue weighted by Gasteiger charge is 2.15. The van der Waals surface area contributed by atoms with Crippen molar-refractivity contribution in [2.45, 2.75) is 0 Å². The van der Waals surface area contributed by atoms with Gasteiger partial charge in [0.05, 0.1) is 5.56 Å². The van der Waals surface area contributed by atoms with E-state index in [2.05, 4.69) is 0 Å². The van der Waals surface area contributed by atoms with Crippen molar-refractivity contribution >= 4 is 28.1 Å². The highest BCUT2D eigenvalue weighted by Crippen LogP contribution is 2.19. The van der Waals surface area contributed by atoms with Gasteiger partial charge in [-0.2, -0.15) is 0 Å². The lowest BCUT2D eigenvalue weighted by Gasteiger charge is -2.04. The molecule has 0 heterocycles. The number of carbonyl (C=O) groups excluding carboxylic acids is 1. The summed E-state index contributed by atoms with van der Waals surface area (Å²) in [4.78, 5) is 10.1. The Morgan fingerprint density at radius 1 is 1.27 bits per heavy atom. The third-order valence-corrected chi connectivity index (χ3v) is 2.23. The average molecular weight is 228 g/mol. The molecular weight excluding hydrogens is 222 g/mol. The molecule has 2 N–H and O–H groups in total. The van der Waals surface area contributed by atoms with Gasteiger partial charge in [-0.05, 0) is 23.9 Å². The molecule has 0 aromatic heterocycles. The summed E-state index contributed by atoms with van der Waals surface area (Å²) in [6.07, 6.45) is 0.206. The summed E-state index contributed by atoms with van der Waals surface area (Å²) in [6, 6.07) is 3.20. The summed E-state index contributed by atoms with van der Waals surface area (Å²) in [5.74, 6) is -1.77. The van der Waals surface area contributed by atoms with Gasteiger partial charge in [0.15, 0.2) is 6.29 Å². The summed E-state index contributed by atoms with van der Waals surface area (Å²) in [7, 11) is 0. The van der Waals surface area contributed by atoms with E-state index in [-0.39, 0.29) is 6.29 Å². The third-order valence-electron chi connectivity index (χ3n) is 1.51. The largest absolute Gasteiger partial charge is 0.296 e. The van der Waals surface area contributed by atoms with Crippen molar-refractivity contribution in [2.24, 2.45) is 0 Å². The van der Waals surface area contributed by atoms with E-state index in [1.165, 1.54) is 6.07 Å². The van der Waals surface area contributed by atoms with Crippen LogP contribution in [0, 0.1) is 22.5 Å². The zero-order valence-electron chi connectivity index (χ0n) is 7.38. The molecule has 3 nitrogen and oxygen atoms in total. The molecule has 15 heavy (non-hydrogen) atoms. The molecule has 78 valence electrons. The number of thioether (sulfide) groups is 1. The molecule has 0 unspecified atom stereocenters. The molecule has 0 bridgehead atoms. The van der Waals surface area contributed by atoms with Crippen LogP contribution in [-0.2, 0) is 4.79 Å². The lowest BCUT2D eigenvalue weighted by Crippen LogP contribution is -2.05. The molecule has 0 saturated carbocycles. The van der Waals surface area contributed by atoms with Crippen LogP contribution in [0.5, 0.6) is 0 Å². The summed E-state index contributed by atoms with van der Waals surface area (Å²) in [5, 5.41) is 13.3. The molecule has 1 rings (SSSR count). The maximum Gasteiger partial charge on any atom is 0.174 e. The van der Waals surface area contributed by atoms with E-state index in [0.717, 1.165) is 12.1 Å². The van der Waals surface area contributed by atoms with Gasteiger partial charge in [-0.15, -0.1) is 0 Å². The van der Waals surface area contributed by atoms with Crippen LogP contribution in [0.2, 0.25) is 0 Å². The van der Waals surface area contributed by atoms with Crippen LogP contribution in [-0.4, -0.2) is 16.4 Å². The molecule has 0 aliphatic carbocycles. The van der Waals surface area contributed by atoms with Gasteiger partial charge in [0, 0.05) is 0 Å². The predicted octanol–water partition coefficient (Wildman–Crippen LogP) is 2.20. The minimum Gasteiger partial charge on any atom is -0.296 e. The smallest absolute Gasteiger partial charge is 0.174 e. The highest BCUT2D eigenvalue weighted by atomic mass is 32.2. The highest BCUT2D eigenvalue weighted by molar-refractivity contribution is 8.28. The molecule has 0 atom stereocenters. The van der Waals surface area contributed by atoms with Gasteiger partial charge in [0.25, 0.3) is 0 Å². The molecule has 1 aromatic carbocycles. The number of hydrogen-bond donors (Lipinski definition) is 2. The van der Waals surface area contributed by atoms with Crippen LogP contribution in [0.1, 0.15) is 5.56 Å². The van der Waals surface area contributed by atoms with Gasteiger partial charge in [0.1, 0.15) is 21.7 Å². The first-order chi connectivity index (χ1) is 7.06. The van der Waals surface area contributed by atoms with Crippen molar-refractivity contribution in [2.75, 3.05) is 0 Å². The van der Waals surface area contributed by atoms with Crippen molar-refractivity contribution in [1.82, 2.24) is 0 Å². The van der Waals surface area contributed by atoms with Crippen molar-refractivity contribution in [1.29, 1.82) is 10.8 Å². The van der Waals surface area contributed by atoms with Crippen molar-refractivity contribution in [3.05, 3.63) is 35.4 Å². The number of halogens is 2. The molecule has 0 radical (unpaired) electrons. The number of rotatable bonds is 2. The van der Waals surface area contributed by atoms with E-state index in [9.17, 15) is 13.6 Å². The molecule has 0 aliphatic heterocycles. The summed E-state index contributed by atoms with van der Waals surface area (Å²) in [5.41, 5.74) is -0.519. The quantitative estimate of drug-likeness (QED) is 0.463. The number of carbonyl (C=O) groups is 1. The van der Waals surface area contributed by atoms with Gasteiger partial charge in [-0.1, -0.05) is 6.07 Å². The molecule has 0 saturated heterocycles. The number of nitrogens with one attached hydrogen (secondary N) is 2. The number of hydrogen-bond acceptors (Lipinski definition) is 4. The first kappa shape index (κ1) is 11.5. The Kier molecular flexibility index (Phi) is 3.68. The van der Waals surface area contributed by atoms with Crippen LogP contribution in [0.15, 0.2) is 18.2 Å². The zero-order chi connectivity index (χ0) is 11.4. The second kappa shape index (κ2) is 4.79. The molecule has 0 aliphatic rings. The Morgan fingerprint density at radius 3 is 2.27 bits per heavy atom. The fourth-order valence-corrected chi connectivity index (χ4v) is 1.46. The zero-order valence-corrected chi connectivity index (χ0v) is 8.20. The maximum atomic E-state index is 13.1. The van der Waals surface area contributed by atoms with Crippen molar-refractivity contribution < 1.29 is 13.6 Å². The van der Waals surface area contributed by atoms with Crippen LogP contribution >= 0.6 is 11.8 Å². The monoisotopic (exact) mass is 228 g/mol. The Balaban J connectivity index is 3.01. The summed E-state index contributed by atoms with van der Waals surface area (Å²) >= 11 is 0.400. The second-order valence-corrected chi connectivity index (χ2v) is 3.56. The Labute approximate surface area is 88.5 Å². The van der Waals surface area contributed by atoms with E-state index in [1.54, 1.807) is 0 Å². The summed E-state index contributed by atoms with van der Waals surface area (Å²) < 4.78 is 26.2. The summed E-state index contributed by atoms with van der Waals surface area (Å²) in [6.45, 7) is 0. The minimum absolute atomic E-state index is 0.206. The first-order valence-corrected chi connectivity index (χ1v) is 4.62. The van der Waals surface area contributed by atoms with Crippen LogP contribution in [0.25, 0.3) is 0 Å².